The first-order valence-corrected chi connectivity index (χ1v) is 56.2. The van der Waals surface area contributed by atoms with E-state index in [-0.39, 0.29) is 144 Å². The molecule has 4 unspecified atom stereocenters. The van der Waals surface area contributed by atoms with Gasteiger partial charge in [-0.05, 0) is 224 Å². The number of carbonyl (C=O) groups is 8. The molecule has 0 radical (unpaired) electrons. The Morgan fingerprint density at radius 1 is 0.262 bits per heavy atom. The minimum Gasteiger partial charge on any atom is -0.506 e. The molecule has 4 atom stereocenters. The zero-order chi connectivity index (χ0) is 110. The van der Waals surface area contributed by atoms with Crippen molar-refractivity contribution in [2.45, 2.75) is 200 Å². The van der Waals surface area contributed by atoms with E-state index in [4.69, 9.17) is 85.9 Å². The summed E-state index contributed by atoms with van der Waals surface area (Å²) in [4.78, 5) is 102. The molecule has 149 heavy (non-hydrogen) atoms. The summed E-state index contributed by atoms with van der Waals surface area (Å²) in [6, 6.07) is 58.7. The van der Waals surface area contributed by atoms with Gasteiger partial charge in [0.1, 0.15) is 49.7 Å². The van der Waals surface area contributed by atoms with E-state index >= 15 is 0 Å². The molecule has 12 N–H and O–H groups in total. The summed E-state index contributed by atoms with van der Waals surface area (Å²) >= 11 is 42.8. The molecule has 0 saturated heterocycles. The molecule has 0 bridgehead atoms. The summed E-state index contributed by atoms with van der Waals surface area (Å²) in [6.07, 6.45) is 12.3. The minimum atomic E-state index is -4.07. The molecule has 0 fully saturated rings. The van der Waals surface area contributed by atoms with Gasteiger partial charge in [0.25, 0.3) is 23.6 Å². The lowest BCUT2D eigenvalue weighted by Crippen LogP contribution is -2.34. The summed E-state index contributed by atoms with van der Waals surface area (Å²) in [7, 11) is -16.0. The van der Waals surface area contributed by atoms with Gasteiger partial charge in [-0.25, -0.2) is 33.7 Å². The fourth-order valence-corrected chi connectivity index (χ4v) is 22.8. The Morgan fingerprint density at radius 2 is 0.530 bits per heavy atom. The maximum absolute atomic E-state index is 13.4. The fourth-order valence-electron chi connectivity index (χ4n) is 14.9. The quantitative estimate of drug-likeness (QED) is 0.0125. The van der Waals surface area contributed by atoms with Crippen molar-refractivity contribution in [3.05, 3.63) is 322 Å². The van der Waals surface area contributed by atoms with Crippen LogP contribution in [0, 0.1) is 34.6 Å². The van der Waals surface area contributed by atoms with Crippen LogP contribution in [0.2, 0.25) is 35.2 Å². The smallest absolute Gasteiger partial charge is 0.255 e. The van der Waals surface area contributed by atoms with Crippen molar-refractivity contribution in [2.24, 2.45) is 0 Å². The number of anilines is 8. The second-order valence-corrected chi connectivity index (χ2v) is 46.2. The van der Waals surface area contributed by atoms with Gasteiger partial charge >= 0.3 is 0 Å². The molecule has 790 valence electrons. The molecule has 0 aliphatic rings. The molecule has 12 aromatic rings. The highest BCUT2D eigenvalue weighted by Crippen LogP contribution is 2.41. The SMILES string of the molecule is CCC(C(=O)Nc1cc(O)c(NC(=O)c2ccc(C)cc2)cc1Cl)S(=O)(=O)c1ccc(C)cc1.CCC(C(=O)Nc1cc(O)c(NC(=O)c2ccc(C)cc2)cc1Cl)S(=O)(=O)c1ccc(Cl)cc1.CCC(C(=O)Nc1cc(O)c(NC(=O)c2ccc(C)cc2)cc1Cl)S(=O)(=O)c1cccc(C)c1.CCCCCCCCCCCCOc1ccc(S(=O)(=O)C(CC)C(=O)Nc2cc(O)c(NC(=O)c3ccc(Cl)c(Cl)c3)cc2Cl)cc1. The predicted molar refractivity (Wildman–Crippen MR) is 591 cm³/mol. The molecule has 12 aromatic carbocycles. The third-order valence-corrected chi connectivity index (χ3v) is 34.5. The van der Waals surface area contributed by atoms with E-state index in [9.17, 15) is 92.5 Å². The molecule has 0 aliphatic carbocycles. The lowest BCUT2D eigenvalue weighted by atomic mass is 10.1. The Labute approximate surface area is 902 Å². The number of halogens is 7. The lowest BCUT2D eigenvalue weighted by Gasteiger charge is -2.18. The number of amides is 8. The van der Waals surface area contributed by atoms with E-state index < -0.39 is 113 Å². The number of aromatic hydroxyl groups is 4. The number of sulfone groups is 4. The number of phenolic OH excluding ortho intramolecular Hbond substituents is 4. The van der Waals surface area contributed by atoms with Gasteiger partial charge in [0.05, 0.1) is 102 Å². The maximum Gasteiger partial charge on any atom is 0.255 e. The van der Waals surface area contributed by atoms with Crippen molar-refractivity contribution in [1.29, 1.82) is 0 Å². The third kappa shape index (κ3) is 33.6. The Bertz CT molecular complexity index is 7100. The van der Waals surface area contributed by atoms with E-state index in [2.05, 4.69) is 49.5 Å². The van der Waals surface area contributed by atoms with Crippen molar-refractivity contribution >= 4 is 213 Å². The largest absolute Gasteiger partial charge is 0.506 e. The molecule has 0 aromatic heterocycles. The fraction of sp³-hybridized carbons (Fsp3) is 0.266. The minimum absolute atomic E-state index is 0.00209. The average Bonchev–Trinajstić information content (AvgIpc) is 0.790. The zero-order valence-corrected chi connectivity index (χ0v) is 91.5. The number of hydrogen-bond acceptors (Lipinski definition) is 21. The van der Waals surface area contributed by atoms with Crippen molar-refractivity contribution in [3.8, 4) is 28.7 Å². The highest BCUT2D eigenvalue weighted by molar-refractivity contribution is 7.93. The molecule has 29 nitrogen and oxygen atoms in total. The third-order valence-electron chi connectivity index (χ3n) is 23.4. The molecule has 12 rings (SSSR count). The molecular weight excluding hydrogens is 2130 g/mol. The van der Waals surface area contributed by atoms with Gasteiger partial charge < -0.3 is 67.7 Å². The number of aryl methyl sites for hydroxylation is 5. The first-order chi connectivity index (χ1) is 70.5. The van der Waals surface area contributed by atoms with Crippen LogP contribution in [0.4, 0.5) is 45.5 Å². The van der Waals surface area contributed by atoms with Crippen LogP contribution in [-0.2, 0) is 58.5 Å². The van der Waals surface area contributed by atoms with E-state index in [1.165, 1.54) is 154 Å². The van der Waals surface area contributed by atoms with E-state index in [0.29, 0.717) is 34.1 Å². The Balaban J connectivity index is 0.000000223. The van der Waals surface area contributed by atoms with Gasteiger partial charge in [0.15, 0.2) is 39.3 Å². The number of nitrogens with one attached hydrogen (secondary N) is 8. The molecule has 0 aliphatic heterocycles. The highest BCUT2D eigenvalue weighted by Gasteiger charge is 2.38. The van der Waals surface area contributed by atoms with E-state index in [1.807, 2.05) is 27.7 Å². The van der Waals surface area contributed by atoms with Gasteiger partial charge in [0, 0.05) is 51.5 Å². The topological polar surface area (TPSA) is 460 Å². The number of phenols is 4. The van der Waals surface area contributed by atoms with Crippen molar-refractivity contribution in [1.82, 2.24) is 0 Å². The summed E-state index contributed by atoms with van der Waals surface area (Å²) in [5.74, 6) is -5.98. The normalized spacial score (nSPS) is 12.1. The number of carbonyl (C=O) groups excluding carboxylic acids is 8. The number of ether oxygens (including phenoxy) is 1. The molecule has 0 heterocycles. The summed E-state index contributed by atoms with van der Waals surface area (Å²) in [6.45, 7) is 18.4. The number of benzene rings is 12. The van der Waals surface area contributed by atoms with Crippen LogP contribution in [0.5, 0.6) is 28.7 Å². The van der Waals surface area contributed by atoms with Crippen molar-refractivity contribution in [3.63, 3.8) is 0 Å². The Hall–Kier alpha value is -12.8. The van der Waals surface area contributed by atoms with E-state index in [1.54, 1.807) is 144 Å². The summed E-state index contributed by atoms with van der Waals surface area (Å²) < 4.78 is 111. The first kappa shape index (κ1) is 120. The van der Waals surface area contributed by atoms with E-state index in [0.717, 1.165) is 64.9 Å². The monoisotopic (exact) mass is 2240 g/mol. The molecule has 0 saturated carbocycles. The predicted octanol–water partition coefficient (Wildman–Crippen LogP) is 25.8. The molecule has 40 heteroatoms. The van der Waals surface area contributed by atoms with Crippen LogP contribution in [-0.4, -0.2) is 129 Å². The van der Waals surface area contributed by atoms with Gasteiger partial charge in [-0.3, -0.25) is 38.4 Å². The second-order valence-electron chi connectivity index (χ2n) is 34.8. The van der Waals surface area contributed by atoms with Crippen LogP contribution in [0.1, 0.15) is 194 Å². The summed E-state index contributed by atoms with van der Waals surface area (Å²) in [5, 5.41) is 57.2. The number of hydrogen-bond donors (Lipinski definition) is 12. The molecular formula is C109H115Cl7N8O21S4. The standard InChI is InChI=1S/C35H43Cl3N2O6S.2C25H25ClN2O5S.C24H22Cl2N2O5S/c1-3-5-6-7-8-9-10-11-12-13-20-46-25-15-17-26(18-16-25)47(44,45)33(4-2)35(43)39-30-23-32(41)31(22-29(30)38)40-34(42)24-14-19-27(36)28(37)21-24;1-4-23(34(32,33)18-11-7-16(3)8-12-18)25(31)27-20-14-22(29)21(13-19(20)26)28-24(30)17-9-5-15(2)6-10-17;1-4-23(34(32,33)18-7-5-6-16(3)12-18)25(31)27-20-14-22(29)21(13-19(20)26)28-24(30)17-10-8-15(2)9-11-17;1-3-22(34(32,33)17-10-8-16(25)9-11-17)24(31)27-19-13-21(29)20(12-18(19)26)28-23(30)15-6-4-14(2)5-7-15/h14-19,21-23,33,41H,3-13,20H2,1-2H3,(H,39,43)(H,40,42);2*5-14,23,29H,4H2,1-3H3,(H,27,31)(H,28,30);4-13,22,29H,3H2,1-2H3,(H,27,31)(H,28,30). The zero-order valence-electron chi connectivity index (χ0n) is 82.9. The van der Waals surface area contributed by atoms with Crippen LogP contribution in [0.25, 0.3) is 0 Å². The highest BCUT2D eigenvalue weighted by atomic mass is 35.5. The molecule has 0 spiro atoms. The van der Waals surface area contributed by atoms with Crippen LogP contribution >= 0.6 is 81.2 Å². The summed E-state index contributed by atoms with van der Waals surface area (Å²) in [5.41, 5.74) is 6.14. The molecule has 8 amide bonds. The van der Waals surface area contributed by atoms with Gasteiger partial charge in [-0.1, -0.05) is 257 Å². The maximum atomic E-state index is 13.4. The number of rotatable bonds is 40. The van der Waals surface area contributed by atoms with Crippen molar-refractivity contribution < 1.29 is 97.2 Å². The average molecular weight is 2250 g/mol. The lowest BCUT2D eigenvalue weighted by molar-refractivity contribution is -0.116. The Morgan fingerprint density at radius 3 is 0.826 bits per heavy atom. The first-order valence-electron chi connectivity index (χ1n) is 47.4. The van der Waals surface area contributed by atoms with Gasteiger partial charge in [-0.15, -0.1) is 0 Å². The van der Waals surface area contributed by atoms with Crippen LogP contribution in [0.15, 0.2) is 256 Å². The Kier molecular flexibility index (Phi) is 44.7. The van der Waals surface area contributed by atoms with Crippen molar-refractivity contribution in [2.75, 3.05) is 49.1 Å². The number of unbranched alkanes of at least 4 members (excludes halogenated alkanes) is 9. The van der Waals surface area contributed by atoms with Gasteiger partial charge in [0.2, 0.25) is 23.6 Å². The van der Waals surface area contributed by atoms with Gasteiger partial charge in [-0.2, -0.15) is 0 Å². The van der Waals surface area contributed by atoms with Crippen LogP contribution < -0.4 is 47.3 Å². The second kappa shape index (κ2) is 55.7. The van der Waals surface area contributed by atoms with Crippen LogP contribution in [0.3, 0.4) is 0 Å².